The smallest absolute Gasteiger partial charge is 0.339 e. The third kappa shape index (κ3) is 2.98. The Hall–Kier alpha value is -2.01. The normalized spacial score (nSPS) is 10.5. The van der Waals surface area contributed by atoms with E-state index in [2.05, 4.69) is 0 Å². The van der Waals surface area contributed by atoms with E-state index in [-0.39, 0.29) is 11.3 Å². The monoisotopic (exact) mass is 237 g/mol. The number of benzene rings is 1. The van der Waals surface area contributed by atoms with E-state index in [9.17, 15) is 4.79 Å². The summed E-state index contributed by atoms with van der Waals surface area (Å²) in [5.74, 6) is -0.247. The van der Waals surface area contributed by atoms with Crippen molar-refractivity contribution >= 4 is 12.0 Å². The van der Waals surface area contributed by atoms with Gasteiger partial charge in [0.05, 0.1) is 14.2 Å². The molecule has 5 heteroatoms. The van der Waals surface area contributed by atoms with Crippen molar-refractivity contribution in [1.29, 1.82) is 0 Å². The molecule has 3 N–H and O–H groups in total. The summed E-state index contributed by atoms with van der Waals surface area (Å²) in [4.78, 5) is 11.0. The molecule has 0 aromatic heterocycles. The molecule has 1 aromatic carbocycles. The summed E-state index contributed by atoms with van der Waals surface area (Å²) >= 11 is 0. The molecule has 0 radical (unpaired) electrons. The first-order chi connectivity index (χ1) is 8.13. The molecule has 0 aliphatic heterocycles. The fraction of sp³-hybridized carbons (Fsp3) is 0.250. The summed E-state index contributed by atoms with van der Waals surface area (Å²) in [6.45, 7) is 0.373. The molecule has 17 heavy (non-hydrogen) atoms. The molecule has 0 bridgehead atoms. The third-order valence-electron chi connectivity index (χ3n) is 2.22. The zero-order chi connectivity index (χ0) is 12.8. The number of aromatic carboxylic acids is 1. The van der Waals surface area contributed by atoms with Crippen molar-refractivity contribution < 1.29 is 19.4 Å². The topological polar surface area (TPSA) is 81.8 Å². The number of ether oxygens (including phenoxy) is 2. The second-order valence-electron chi connectivity index (χ2n) is 3.24. The standard InChI is InChI=1S/C12H15NO4/c1-16-10-7-11(17-2)9(12(14)15)6-8(10)4-3-5-13/h3-4,6-7H,5,13H2,1-2H3,(H,14,15)/b4-3+. The Morgan fingerprint density at radius 3 is 2.47 bits per heavy atom. The highest BCUT2D eigenvalue weighted by Crippen LogP contribution is 2.29. The summed E-state index contributed by atoms with van der Waals surface area (Å²) in [6, 6.07) is 3.03. The Bertz CT molecular complexity index is 440. The lowest BCUT2D eigenvalue weighted by Crippen LogP contribution is -2.02. The lowest BCUT2D eigenvalue weighted by molar-refractivity contribution is 0.0693. The maximum absolute atomic E-state index is 11.0. The van der Waals surface area contributed by atoms with Crippen LogP contribution in [0.25, 0.3) is 6.08 Å². The zero-order valence-electron chi connectivity index (χ0n) is 9.77. The van der Waals surface area contributed by atoms with Gasteiger partial charge in [0.1, 0.15) is 17.1 Å². The largest absolute Gasteiger partial charge is 0.496 e. The van der Waals surface area contributed by atoms with Crippen LogP contribution in [0, 0.1) is 0 Å². The van der Waals surface area contributed by atoms with Gasteiger partial charge in [-0.25, -0.2) is 4.79 Å². The van der Waals surface area contributed by atoms with Crippen LogP contribution in [-0.4, -0.2) is 31.8 Å². The Morgan fingerprint density at radius 1 is 1.35 bits per heavy atom. The molecule has 0 amide bonds. The Kier molecular flexibility index (Phi) is 4.54. The van der Waals surface area contributed by atoms with Crippen molar-refractivity contribution in [2.24, 2.45) is 5.73 Å². The van der Waals surface area contributed by atoms with Crippen LogP contribution in [0.1, 0.15) is 15.9 Å². The molecule has 0 fully saturated rings. The number of methoxy groups -OCH3 is 2. The SMILES string of the molecule is COc1cc(OC)c(C(=O)O)cc1/C=C/CN. The molecule has 5 nitrogen and oxygen atoms in total. The van der Waals surface area contributed by atoms with Gasteiger partial charge in [-0.1, -0.05) is 12.2 Å². The van der Waals surface area contributed by atoms with Crippen molar-refractivity contribution in [2.75, 3.05) is 20.8 Å². The molecule has 1 aromatic rings. The van der Waals surface area contributed by atoms with Crippen molar-refractivity contribution in [1.82, 2.24) is 0 Å². The molecule has 0 heterocycles. The highest BCUT2D eigenvalue weighted by molar-refractivity contribution is 5.92. The maximum atomic E-state index is 11.0. The van der Waals surface area contributed by atoms with E-state index in [1.165, 1.54) is 20.3 Å². The van der Waals surface area contributed by atoms with Gasteiger partial charge in [0.25, 0.3) is 0 Å². The Labute approximate surface area is 99.5 Å². The fourth-order valence-electron chi connectivity index (χ4n) is 1.42. The maximum Gasteiger partial charge on any atom is 0.339 e. The van der Waals surface area contributed by atoms with Crippen LogP contribution >= 0.6 is 0 Å². The van der Waals surface area contributed by atoms with Gasteiger partial charge >= 0.3 is 5.97 Å². The number of carbonyl (C=O) groups is 1. The molecule has 0 spiro atoms. The Morgan fingerprint density at radius 2 is 2.00 bits per heavy atom. The van der Waals surface area contributed by atoms with Crippen LogP contribution in [0.2, 0.25) is 0 Å². The number of carboxylic acid groups (broad SMARTS) is 1. The van der Waals surface area contributed by atoms with Gasteiger partial charge in [-0.05, 0) is 6.07 Å². The molecule has 1 rings (SSSR count). The predicted octanol–water partition coefficient (Wildman–Crippen LogP) is 1.37. The minimum atomic E-state index is -1.05. The van der Waals surface area contributed by atoms with Crippen molar-refractivity contribution in [2.45, 2.75) is 0 Å². The second kappa shape index (κ2) is 5.91. The van der Waals surface area contributed by atoms with E-state index in [1.807, 2.05) is 0 Å². The van der Waals surface area contributed by atoms with E-state index < -0.39 is 5.97 Å². The van der Waals surface area contributed by atoms with E-state index >= 15 is 0 Å². The molecular formula is C12H15NO4. The van der Waals surface area contributed by atoms with E-state index in [1.54, 1.807) is 18.2 Å². The van der Waals surface area contributed by atoms with Gasteiger partial charge < -0.3 is 20.3 Å². The molecule has 0 aliphatic carbocycles. The molecule has 0 saturated carbocycles. The van der Waals surface area contributed by atoms with Crippen molar-refractivity contribution in [3.63, 3.8) is 0 Å². The first-order valence-corrected chi connectivity index (χ1v) is 5.00. The van der Waals surface area contributed by atoms with Crippen molar-refractivity contribution in [3.05, 3.63) is 29.3 Å². The zero-order valence-corrected chi connectivity index (χ0v) is 9.77. The Balaban J connectivity index is 3.33. The lowest BCUT2D eigenvalue weighted by atomic mass is 10.1. The van der Waals surface area contributed by atoms with Gasteiger partial charge in [-0.15, -0.1) is 0 Å². The third-order valence-corrected chi connectivity index (χ3v) is 2.22. The molecule has 0 aliphatic rings. The van der Waals surface area contributed by atoms with Gasteiger partial charge in [0.15, 0.2) is 0 Å². The highest BCUT2D eigenvalue weighted by atomic mass is 16.5. The van der Waals surface area contributed by atoms with E-state index in [4.69, 9.17) is 20.3 Å². The van der Waals surface area contributed by atoms with Gasteiger partial charge in [-0.2, -0.15) is 0 Å². The summed E-state index contributed by atoms with van der Waals surface area (Å²) in [5, 5.41) is 9.04. The average molecular weight is 237 g/mol. The summed E-state index contributed by atoms with van der Waals surface area (Å²) < 4.78 is 10.2. The number of hydrogen-bond donors (Lipinski definition) is 2. The summed E-state index contributed by atoms with van der Waals surface area (Å²) in [5.41, 5.74) is 6.09. The van der Waals surface area contributed by atoms with Crippen molar-refractivity contribution in [3.8, 4) is 11.5 Å². The van der Waals surface area contributed by atoms with Gasteiger partial charge in [0.2, 0.25) is 0 Å². The van der Waals surface area contributed by atoms with Crippen LogP contribution in [0.15, 0.2) is 18.2 Å². The molecular weight excluding hydrogens is 222 g/mol. The minimum absolute atomic E-state index is 0.0879. The molecule has 0 saturated heterocycles. The van der Waals surface area contributed by atoms with Gasteiger partial charge in [-0.3, -0.25) is 0 Å². The fourth-order valence-corrected chi connectivity index (χ4v) is 1.42. The first-order valence-electron chi connectivity index (χ1n) is 5.00. The van der Waals surface area contributed by atoms with Crippen LogP contribution < -0.4 is 15.2 Å². The van der Waals surface area contributed by atoms with Crippen LogP contribution in [-0.2, 0) is 0 Å². The number of carboxylic acids is 1. The number of nitrogens with two attached hydrogens (primary N) is 1. The van der Waals surface area contributed by atoms with E-state index in [0.717, 1.165) is 0 Å². The molecule has 0 unspecified atom stereocenters. The quantitative estimate of drug-likeness (QED) is 0.808. The number of rotatable bonds is 5. The van der Waals surface area contributed by atoms with Crippen LogP contribution in [0.5, 0.6) is 11.5 Å². The second-order valence-corrected chi connectivity index (χ2v) is 3.24. The average Bonchev–Trinajstić information content (AvgIpc) is 2.34. The first kappa shape index (κ1) is 13.1. The molecule has 0 atom stereocenters. The lowest BCUT2D eigenvalue weighted by Gasteiger charge is -2.10. The molecule has 92 valence electrons. The van der Waals surface area contributed by atoms with Crippen LogP contribution in [0.3, 0.4) is 0 Å². The van der Waals surface area contributed by atoms with Gasteiger partial charge in [0, 0.05) is 18.2 Å². The minimum Gasteiger partial charge on any atom is -0.496 e. The highest BCUT2D eigenvalue weighted by Gasteiger charge is 2.14. The summed E-state index contributed by atoms with van der Waals surface area (Å²) in [6.07, 6.45) is 3.43. The number of hydrogen-bond acceptors (Lipinski definition) is 4. The summed E-state index contributed by atoms with van der Waals surface area (Å²) in [7, 11) is 2.92. The van der Waals surface area contributed by atoms with Crippen LogP contribution in [0.4, 0.5) is 0 Å². The predicted molar refractivity (Wildman–Crippen MR) is 64.6 cm³/mol. The van der Waals surface area contributed by atoms with E-state index in [0.29, 0.717) is 17.9 Å².